The van der Waals surface area contributed by atoms with E-state index < -0.39 is 9.84 Å². The highest BCUT2D eigenvalue weighted by Crippen LogP contribution is 2.25. The zero-order valence-electron chi connectivity index (χ0n) is 13.2. The summed E-state index contributed by atoms with van der Waals surface area (Å²) in [6, 6.07) is 14.4. The van der Waals surface area contributed by atoms with Gasteiger partial charge in [-0.15, -0.1) is 0 Å². The lowest BCUT2D eigenvalue weighted by molar-refractivity contribution is -0.123. The second-order valence-electron chi connectivity index (χ2n) is 5.74. The van der Waals surface area contributed by atoms with Crippen LogP contribution in [0, 0.1) is 0 Å². The van der Waals surface area contributed by atoms with Crippen molar-refractivity contribution in [1.29, 1.82) is 0 Å². The number of benzene rings is 2. The van der Waals surface area contributed by atoms with E-state index in [2.05, 4.69) is 5.32 Å². The fourth-order valence-corrected chi connectivity index (χ4v) is 4.30. The molecule has 0 saturated heterocycles. The lowest BCUT2D eigenvalue weighted by Gasteiger charge is -2.17. The number of carbonyl (C=O) groups excluding carboxylic acids is 1. The van der Waals surface area contributed by atoms with Crippen LogP contribution < -0.4 is 10.1 Å². The summed E-state index contributed by atoms with van der Waals surface area (Å²) in [4.78, 5) is 12.3. The molecular weight excluding hydrogens is 326 g/mol. The van der Waals surface area contributed by atoms with Crippen LogP contribution in [0.2, 0.25) is 0 Å². The molecule has 6 heteroatoms. The molecule has 0 saturated carbocycles. The number of carbonyl (C=O) groups is 1. The number of fused-ring (bicyclic) bond motifs is 1. The molecule has 0 radical (unpaired) electrons. The third-order valence-electron chi connectivity index (χ3n) is 3.92. The van der Waals surface area contributed by atoms with E-state index in [-0.39, 0.29) is 18.3 Å². The van der Waals surface area contributed by atoms with Crippen molar-refractivity contribution < 1.29 is 17.9 Å². The zero-order chi connectivity index (χ0) is 17.0. The molecule has 1 N–H and O–H groups in total. The zero-order valence-corrected chi connectivity index (χ0v) is 14.0. The Kier molecular flexibility index (Phi) is 4.85. The van der Waals surface area contributed by atoms with Gasteiger partial charge in [0.05, 0.1) is 10.6 Å². The van der Waals surface area contributed by atoms with Gasteiger partial charge in [-0.2, -0.15) is 0 Å². The van der Waals surface area contributed by atoms with Crippen molar-refractivity contribution in [1.82, 2.24) is 5.32 Å². The molecule has 0 fully saturated rings. The lowest BCUT2D eigenvalue weighted by Crippen LogP contribution is -2.28. The molecule has 24 heavy (non-hydrogen) atoms. The standard InChI is InChI=1S/C18H19NO4S/c20-18(13-23-16-6-2-1-3-7-16)19-12-14-8-9-17-15(11-14)5-4-10-24(17,21)22/h1-3,6-9,11H,4-5,10,12-13H2,(H,19,20). The van der Waals surface area contributed by atoms with Gasteiger partial charge in [0, 0.05) is 6.54 Å². The minimum Gasteiger partial charge on any atom is -0.484 e. The van der Waals surface area contributed by atoms with Crippen LogP contribution in [0.15, 0.2) is 53.4 Å². The van der Waals surface area contributed by atoms with Gasteiger partial charge in [0.25, 0.3) is 5.91 Å². The minimum absolute atomic E-state index is 0.0522. The Morgan fingerprint density at radius 1 is 1.12 bits per heavy atom. The third-order valence-corrected chi connectivity index (χ3v) is 5.82. The fraction of sp³-hybridized carbons (Fsp3) is 0.278. The van der Waals surface area contributed by atoms with Gasteiger partial charge in [-0.3, -0.25) is 4.79 Å². The summed E-state index contributed by atoms with van der Waals surface area (Å²) in [5.41, 5.74) is 1.73. The molecule has 5 nitrogen and oxygen atoms in total. The number of nitrogens with one attached hydrogen (secondary N) is 1. The second-order valence-corrected chi connectivity index (χ2v) is 7.82. The monoisotopic (exact) mass is 345 g/mol. The van der Waals surface area contributed by atoms with Crippen LogP contribution in [-0.4, -0.2) is 26.7 Å². The Morgan fingerprint density at radius 2 is 1.92 bits per heavy atom. The summed E-state index contributed by atoms with van der Waals surface area (Å²) >= 11 is 0. The van der Waals surface area contributed by atoms with Crippen LogP contribution >= 0.6 is 0 Å². The first-order chi connectivity index (χ1) is 11.5. The van der Waals surface area contributed by atoms with Crippen molar-refractivity contribution in [3.05, 3.63) is 59.7 Å². The van der Waals surface area contributed by atoms with E-state index in [1.165, 1.54) is 0 Å². The molecule has 2 aromatic carbocycles. The summed E-state index contributed by atoms with van der Waals surface area (Å²) < 4.78 is 29.4. The molecule has 1 aliphatic heterocycles. The molecule has 0 spiro atoms. The molecule has 0 unspecified atom stereocenters. The summed E-state index contributed by atoms with van der Waals surface area (Å²) in [6.07, 6.45) is 1.41. The molecule has 1 heterocycles. The van der Waals surface area contributed by atoms with Crippen molar-refractivity contribution >= 4 is 15.7 Å². The predicted molar refractivity (Wildman–Crippen MR) is 90.6 cm³/mol. The summed E-state index contributed by atoms with van der Waals surface area (Å²) in [7, 11) is -3.14. The number of para-hydroxylation sites is 1. The Bertz CT molecular complexity index is 831. The van der Waals surface area contributed by atoms with Crippen LogP contribution in [0.1, 0.15) is 17.5 Å². The van der Waals surface area contributed by atoms with Crippen molar-refractivity contribution in [2.75, 3.05) is 12.4 Å². The molecule has 126 valence electrons. The van der Waals surface area contributed by atoms with E-state index in [1.807, 2.05) is 24.3 Å². The van der Waals surface area contributed by atoms with Gasteiger partial charge < -0.3 is 10.1 Å². The maximum atomic E-state index is 12.0. The van der Waals surface area contributed by atoms with Gasteiger partial charge in [0.15, 0.2) is 16.4 Å². The third kappa shape index (κ3) is 3.94. The number of sulfone groups is 1. The van der Waals surface area contributed by atoms with Crippen LogP contribution in [0.25, 0.3) is 0 Å². The van der Waals surface area contributed by atoms with Gasteiger partial charge in [-0.25, -0.2) is 8.42 Å². The van der Waals surface area contributed by atoms with E-state index in [4.69, 9.17) is 4.74 Å². The van der Waals surface area contributed by atoms with Gasteiger partial charge in [0.2, 0.25) is 0 Å². The van der Waals surface area contributed by atoms with Gasteiger partial charge >= 0.3 is 0 Å². The largest absolute Gasteiger partial charge is 0.484 e. The highest BCUT2D eigenvalue weighted by Gasteiger charge is 2.23. The van der Waals surface area contributed by atoms with Gasteiger partial charge in [-0.05, 0) is 42.2 Å². The number of hydrogen-bond donors (Lipinski definition) is 1. The van der Waals surface area contributed by atoms with Crippen LogP contribution in [-0.2, 0) is 27.6 Å². The first kappa shape index (κ1) is 16.5. The Hall–Kier alpha value is -2.34. The topological polar surface area (TPSA) is 72.5 Å². The molecule has 1 amide bonds. The molecular formula is C18H19NO4S. The predicted octanol–water partition coefficient (Wildman–Crippen LogP) is 2.10. The molecule has 1 aliphatic rings. The van der Waals surface area contributed by atoms with Crippen molar-refractivity contribution in [2.45, 2.75) is 24.3 Å². The van der Waals surface area contributed by atoms with Gasteiger partial charge in [-0.1, -0.05) is 30.3 Å². The number of rotatable bonds is 5. The smallest absolute Gasteiger partial charge is 0.258 e. The SMILES string of the molecule is O=C(COc1ccccc1)NCc1ccc2c(c1)CCCS2(=O)=O. The fourth-order valence-electron chi connectivity index (χ4n) is 2.72. The molecule has 0 aliphatic carbocycles. The second kappa shape index (κ2) is 7.05. The number of hydrogen-bond acceptors (Lipinski definition) is 4. The first-order valence-electron chi connectivity index (χ1n) is 7.84. The van der Waals surface area contributed by atoms with E-state index >= 15 is 0 Å². The van der Waals surface area contributed by atoms with Crippen molar-refractivity contribution in [3.8, 4) is 5.75 Å². The minimum atomic E-state index is -3.14. The molecule has 0 atom stereocenters. The normalized spacial score (nSPS) is 15.3. The summed E-state index contributed by atoms with van der Waals surface area (Å²) in [6.45, 7) is 0.299. The van der Waals surface area contributed by atoms with Crippen LogP contribution in [0.3, 0.4) is 0 Å². The molecule has 0 bridgehead atoms. The number of amides is 1. The van der Waals surface area contributed by atoms with Crippen LogP contribution in [0.5, 0.6) is 5.75 Å². The van der Waals surface area contributed by atoms with E-state index in [0.717, 1.165) is 17.5 Å². The number of ether oxygens (including phenoxy) is 1. The highest BCUT2D eigenvalue weighted by molar-refractivity contribution is 7.91. The van der Waals surface area contributed by atoms with Crippen molar-refractivity contribution in [2.24, 2.45) is 0 Å². The Morgan fingerprint density at radius 3 is 2.71 bits per heavy atom. The highest BCUT2D eigenvalue weighted by atomic mass is 32.2. The Balaban J connectivity index is 1.56. The molecule has 2 aromatic rings. The van der Waals surface area contributed by atoms with Gasteiger partial charge in [0.1, 0.15) is 5.75 Å². The maximum absolute atomic E-state index is 12.0. The molecule has 3 rings (SSSR count). The first-order valence-corrected chi connectivity index (χ1v) is 9.49. The summed E-state index contributed by atoms with van der Waals surface area (Å²) in [5.74, 6) is 0.642. The van der Waals surface area contributed by atoms with Crippen LogP contribution in [0.4, 0.5) is 0 Å². The van der Waals surface area contributed by atoms with Crippen molar-refractivity contribution in [3.63, 3.8) is 0 Å². The van der Waals surface area contributed by atoms with E-state index in [1.54, 1.807) is 24.3 Å². The number of aryl methyl sites for hydroxylation is 1. The van der Waals surface area contributed by atoms with E-state index in [9.17, 15) is 13.2 Å². The quantitative estimate of drug-likeness (QED) is 0.901. The lowest BCUT2D eigenvalue weighted by atomic mass is 10.1. The summed E-state index contributed by atoms with van der Waals surface area (Å²) in [5, 5.41) is 2.78. The molecule has 0 aromatic heterocycles. The van der Waals surface area contributed by atoms with E-state index in [0.29, 0.717) is 23.6 Å². The Labute approximate surface area is 141 Å². The maximum Gasteiger partial charge on any atom is 0.258 e. The average molecular weight is 345 g/mol. The average Bonchev–Trinajstić information content (AvgIpc) is 2.58.